The Balaban J connectivity index is 1.65. The minimum absolute atomic E-state index is 0.103. The van der Waals surface area contributed by atoms with Crippen molar-refractivity contribution in [1.82, 2.24) is 10.2 Å². The third-order valence-electron chi connectivity index (χ3n) is 4.57. The van der Waals surface area contributed by atoms with E-state index in [1.54, 1.807) is 24.3 Å². The van der Waals surface area contributed by atoms with E-state index < -0.39 is 9.84 Å². The van der Waals surface area contributed by atoms with Gasteiger partial charge in [0.15, 0.2) is 9.84 Å². The summed E-state index contributed by atoms with van der Waals surface area (Å²) in [5.74, 6) is 0. The van der Waals surface area contributed by atoms with Gasteiger partial charge in [-0.15, -0.1) is 0 Å². The fourth-order valence-electron chi connectivity index (χ4n) is 3.03. The van der Waals surface area contributed by atoms with Gasteiger partial charge in [0.2, 0.25) is 0 Å². The lowest BCUT2D eigenvalue weighted by Gasteiger charge is -2.30. The van der Waals surface area contributed by atoms with Gasteiger partial charge in [0, 0.05) is 19.3 Å². The van der Waals surface area contributed by atoms with Crippen molar-refractivity contribution in [3.05, 3.63) is 65.2 Å². The van der Waals surface area contributed by atoms with Crippen molar-refractivity contribution in [1.29, 1.82) is 0 Å². The molecule has 25 heavy (non-hydrogen) atoms. The van der Waals surface area contributed by atoms with E-state index in [-0.39, 0.29) is 17.0 Å². The van der Waals surface area contributed by atoms with Crippen LogP contribution in [-0.4, -0.2) is 32.1 Å². The topological polar surface area (TPSA) is 66.5 Å². The zero-order valence-electron chi connectivity index (χ0n) is 14.4. The zero-order valence-corrected chi connectivity index (χ0v) is 15.2. The number of amides is 2. The zero-order chi connectivity index (χ0) is 18.0. The summed E-state index contributed by atoms with van der Waals surface area (Å²) >= 11 is 0. The highest BCUT2D eigenvalue weighted by Gasteiger charge is 2.21. The Kier molecular flexibility index (Phi) is 4.81. The van der Waals surface area contributed by atoms with E-state index in [0.717, 1.165) is 12.0 Å². The van der Waals surface area contributed by atoms with Gasteiger partial charge in [-0.1, -0.05) is 36.4 Å². The van der Waals surface area contributed by atoms with Crippen LogP contribution in [0.3, 0.4) is 0 Å². The van der Waals surface area contributed by atoms with E-state index in [1.807, 2.05) is 24.0 Å². The lowest BCUT2D eigenvalue weighted by Crippen LogP contribution is -2.43. The minimum Gasteiger partial charge on any atom is -0.331 e. The molecule has 1 aliphatic rings. The number of sulfone groups is 1. The number of fused-ring (bicyclic) bond motifs is 1. The van der Waals surface area contributed by atoms with Crippen LogP contribution < -0.4 is 5.32 Å². The molecule has 2 aromatic carbocycles. The predicted molar refractivity (Wildman–Crippen MR) is 97.1 cm³/mol. The Morgan fingerprint density at radius 3 is 2.36 bits per heavy atom. The van der Waals surface area contributed by atoms with Crippen LogP contribution in [0.2, 0.25) is 0 Å². The molecule has 0 saturated carbocycles. The molecule has 1 aliphatic heterocycles. The first kappa shape index (κ1) is 17.5. The molecule has 5 nitrogen and oxygen atoms in total. The Hall–Kier alpha value is -2.34. The van der Waals surface area contributed by atoms with E-state index in [4.69, 9.17) is 0 Å². The van der Waals surface area contributed by atoms with Gasteiger partial charge in [0.05, 0.1) is 10.9 Å². The highest BCUT2D eigenvalue weighted by molar-refractivity contribution is 7.90. The number of carbonyl (C=O) groups excluding carboxylic acids is 1. The quantitative estimate of drug-likeness (QED) is 0.917. The van der Waals surface area contributed by atoms with Crippen molar-refractivity contribution < 1.29 is 13.2 Å². The number of urea groups is 1. The molecule has 1 heterocycles. The molecule has 0 bridgehead atoms. The summed E-state index contributed by atoms with van der Waals surface area (Å²) in [6.45, 7) is 3.20. The molecule has 132 valence electrons. The summed E-state index contributed by atoms with van der Waals surface area (Å²) in [7, 11) is -3.21. The molecule has 3 rings (SSSR count). The molecule has 2 amide bonds. The van der Waals surface area contributed by atoms with Gasteiger partial charge in [-0.3, -0.25) is 0 Å². The third-order valence-corrected chi connectivity index (χ3v) is 5.69. The summed E-state index contributed by atoms with van der Waals surface area (Å²) in [4.78, 5) is 14.6. The van der Waals surface area contributed by atoms with E-state index in [9.17, 15) is 13.2 Å². The molecule has 1 N–H and O–H groups in total. The molecule has 0 radical (unpaired) electrons. The van der Waals surface area contributed by atoms with Crippen molar-refractivity contribution in [2.45, 2.75) is 30.8 Å². The highest BCUT2D eigenvalue weighted by Crippen LogP contribution is 2.20. The van der Waals surface area contributed by atoms with Crippen molar-refractivity contribution in [2.24, 2.45) is 0 Å². The largest absolute Gasteiger partial charge is 0.331 e. The molecule has 1 unspecified atom stereocenters. The van der Waals surface area contributed by atoms with Gasteiger partial charge in [0.25, 0.3) is 0 Å². The Morgan fingerprint density at radius 2 is 1.72 bits per heavy atom. The number of hydrogen-bond donors (Lipinski definition) is 1. The van der Waals surface area contributed by atoms with Gasteiger partial charge >= 0.3 is 6.03 Å². The average Bonchev–Trinajstić information content (AvgIpc) is 2.60. The second-order valence-corrected chi connectivity index (χ2v) is 8.47. The first-order chi connectivity index (χ1) is 11.8. The Morgan fingerprint density at radius 1 is 1.08 bits per heavy atom. The van der Waals surface area contributed by atoms with Crippen LogP contribution in [0, 0.1) is 0 Å². The van der Waals surface area contributed by atoms with E-state index in [0.29, 0.717) is 13.1 Å². The SMILES string of the molecule is CC(NC(=O)N1CCc2ccccc2C1)c1ccc(S(C)(=O)=O)cc1. The number of benzene rings is 2. The normalized spacial score (nSPS) is 15.4. The Labute approximate surface area is 148 Å². The number of nitrogens with zero attached hydrogens (tertiary/aromatic N) is 1. The fraction of sp³-hybridized carbons (Fsp3) is 0.316. The molecule has 2 aromatic rings. The fourth-order valence-corrected chi connectivity index (χ4v) is 3.66. The molecule has 0 saturated heterocycles. The maximum Gasteiger partial charge on any atom is 0.318 e. The highest BCUT2D eigenvalue weighted by atomic mass is 32.2. The first-order valence-electron chi connectivity index (χ1n) is 8.27. The van der Waals surface area contributed by atoms with Crippen molar-refractivity contribution in [3.8, 4) is 0 Å². The molecule has 6 heteroatoms. The van der Waals surface area contributed by atoms with Gasteiger partial charge in [-0.25, -0.2) is 13.2 Å². The summed E-state index contributed by atoms with van der Waals surface area (Å²) in [6, 6.07) is 14.5. The number of nitrogens with one attached hydrogen (secondary N) is 1. The minimum atomic E-state index is -3.21. The van der Waals surface area contributed by atoms with Gasteiger partial charge in [-0.2, -0.15) is 0 Å². The van der Waals surface area contributed by atoms with Crippen molar-refractivity contribution in [3.63, 3.8) is 0 Å². The molecule has 0 aromatic heterocycles. The molecular weight excluding hydrogens is 336 g/mol. The number of hydrogen-bond acceptors (Lipinski definition) is 3. The van der Waals surface area contributed by atoms with Gasteiger partial charge in [0.1, 0.15) is 0 Å². The average molecular weight is 358 g/mol. The summed E-state index contributed by atoms with van der Waals surface area (Å²) in [6.07, 6.45) is 2.04. The monoisotopic (exact) mass is 358 g/mol. The van der Waals surface area contributed by atoms with Gasteiger partial charge < -0.3 is 10.2 Å². The number of rotatable bonds is 3. The summed E-state index contributed by atoms with van der Waals surface area (Å²) in [5.41, 5.74) is 3.36. The maximum absolute atomic E-state index is 12.5. The van der Waals surface area contributed by atoms with Crippen molar-refractivity contribution in [2.75, 3.05) is 12.8 Å². The second-order valence-electron chi connectivity index (χ2n) is 6.45. The van der Waals surface area contributed by atoms with Crippen LogP contribution >= 0.6 is 0 Å². The van der Waals surface area contributed by atoms with Gasteiger partial charge in [-0.05, 0) is 42.2 Å². The third kappa shape index (κ3) is 4.02. The van der Waals surface area contributed by atoms with Crippen LogP contribution in [0.15, 0.2) is 53.4 Å². The standard InChI is InChI=1S/C19H22N2O3S/c1-14(15-7-9-18(10-8-15)25(2,23)24)20-19(22)21-12-11-16-5-3-4-6-17(16)13-21/h3-10,14H,11-13H2,1-2H3,(H,20,22). The molecule has 0 fully saturated rings. The lowest BCUT2D eigenvalue weighted by molar-refractivity contribution is 0.189. The smallest absolute Gasteiger partial charge is 0.318 e. The lowest BCUT2D eigenvalue weighted by atomic mass is 10.0. The van der Waals surface area contributed by atoms with Crippen LogP contribution in [-0.2, 0) is 22.8 Å². The molecule has 1 atom stereocenters. The predicted octanol–water partition coefficient (Wildman–Crippen LogP) is 2.92. The first-order valence-corrected chi connectivity index (χ1v) is 10.2. The molecule has 0 aliphatic carbocycles. The molecular formula is C19H22N2O3S. The molecule has 0 spiro atoms. The summed E-state index contributed by atoms with van der Waals surface area (Å²) in [5, 5.41) is 2.99. The van der Waals surface area contributed by atoms with Crippen LogP contribution in [0.1, 0.15) is 29.7 Å². The van der Waals surface area contributed by atoms with E-state index >= 15 is 0 Å². The Bertz CT molecular complexity index is 876. The van der Waals surface area contributed by atoms with Crippen LogP contribution in [0.4, 0.5) is 4.79 Å². The van der Waals surface area contributed by atoms with Crippen molar-refractivity contribution >= 4 is 15.9 Å². The van der Waals surface area contributed by atoms with Crippen LogP contribution in [0.25, 0.3) is 0 Å². The second kappa shape index (κ2) is 6.88. The summed E-state index contributed by atoms with van der Waals surface area (Å²) < 4.78 is 23.0. The van der Waals surface area contributed by atoms with E-state index in [2.05, 4.69) is 17.4 Å². The van der Waals surface area contributed by atoms with Crippen LogP contribution in [0.5, 0.6) is 0 Å². The number of carbonyl (C=O) groups is 1. The van der Waals surface area contributed by atoms with E-state index in [1.165, 1.54) is 17.4 Å². The maximum atomic E-state index is 12.5.